The van der Waals surface area contributed by atoms with E-state index in [2.05, 4.69) is 4.90 Å². The van der Waals surface area contributed by atoms with Gasteiger partial charge in [0.15, 0.2) is 0 Å². The maximum absolute atomic E-state index is 12.5. The number of likely N-dealkylation sites (tertiary alicyclic amines) is 1. The Kier molecular flexibility index (Phi) is 10.2. The minimum atomic E-state index is -4.27. The van der Waals surface area contributed by atoms with Crippen molar-refractivity contribution in [2.45, 2.75) is 44.3 Å². The second-order valence-electron chi connectivity index (χ2n) is 5.87. The van der Waals surface area contributed by atoms with Gasteiger partial charge in [-0.25, -0.2) is 0 Å². The molecule has 7 heteroatoms. The van der Waals surface area contributed by atoms with Gasteiger partial charge in [-0.1, -0.05) is 25.0 Å². The summed E-state index contributed by atoms with van der Waals surface area (Å²) in [5.74, 6) is 0. The molecule has 0 bridgehead atoms. The van der Waals surface area contributed by atoms with E-state index in [9.17, 15) is 13.2 Å². The zero-order chi connectivity index (χ0) is 15.3. The molecule has 1 fully saturated rings. The molecule has 2 nitrogen and oxygen atoms in total. The summed E-state index contributed by atoms with van der Waals surface area (Å²) in [5.41, 5.74) is 6.41. The van der Waals surface area contributed by atoms with Gasteiger partial charge in [0.05, 0.1) is 5.56 Å². The molecule has 23 heavy (non-hydrogen) atoms. The van der Waals surface area contributed by atoms with Crippen molar-refractivity contribution in [3.8, 4) is 0 Å². The molecule has 2 rings (SSSR count). The van der Waals surface area contributed by atoms with Crippen LogP contribution in [0.15, 0.2) is 24.3 Å². The van der Waals surface area contributed by atoms with E-state index in [0.717, 1.165) is 37.3 Å². The first-order valence-corrected chi connectivity index (χ1v) is 7.59. The Labute approximate surface area is 148 Å². The summed E-state index contributed by atoms with van der Waals surface area (Å²) >= 11 is 0. The predicted molar refractivity (Wildman–Crippen MR) is 92.5 cm³/mol. The summed E-state index contributed by atoms with van der Waals surface area (Å²) in [4.78, 5) is 2.38. The van der Waals surface area contributed by atoms with E-state index in [4.69, 9.17) is 5.73 Å². The fourth-order valence-corrected chi connectivity index (χ4v) is 2.85. The Morgan fingerprint density at radius 2 is 1.48 bits per heavy atom. The maximum atomic E-state index is 12.5. The van der Waals surface area contributed by atoms with Crippen molar-refractivity contribution >= 4 is 24.8 Å². The van der Waals surface area contributed by atoms with Crippen LogP contribution in [0.2, 0.25) is 0 Å². The van der Waals surface area contributed by atoms with Gasteiger partial charge in [0.2, 0.25) is 0 Å². The number of hydrogen-bond acceptors (Lipinski definition) is 2. The normalized spacial score (nSPS) is 17.6. The molecule has 1 aliphatic rings. The number of halogens is 5. The fraction of sp³-hybridized carbons (Fsp3) is 0.625. The number of benzene rings is 1. The van der Waals surface area contributed by atoms with Crippen molar-refractivity contribution in [1.82, 2.24) is 4.90 Å². The summed E-state index contributed by atoms with van der Waals surface area (Å²) in [7, 11) is 0. The van der Waals surface area contributed by atoms with Crippen molar-refractivity contribution in [3.05, 3.63) is 35.4 Å². The third-order valence-corrected chi connectivity index (χ3v) is 3.97. The van der Waals surface area contributed by atoms with Crippen LogP contribution in [0.3, 0.4) is 0 Å². The number of nitrogens with two attached hydrogens (primary N) is 1. The highest BCUT2D eigenvalue weighted by molar-refractivity contribution is 5.85. The quantitative estimate of drug-likeness (QED) is 0.853. The van der Waals surface area contributed by atoms with Gasteiger partial charge in [-0.05, 0) is 50.0 Å². The topological polar surface area (TPSA) is 29.3 Å². The van der Waals surface area contributed by atoms with Crippen molar-refractivity contribution in [3.63, 3.8) is 0 Å². The predicted octanol–water partition coefficient (Wildman–Crippen LogP) is 4.29. The molecule has 2 N–H and O–H groups in total. The van der Waals surface area contributed by atoms with Crippen molar-refractivity contribution in [1.29, 1.82) is 0 Å². The summed E-state index contributed by atoms with van der Waals surface area (Å²) in [6.07, 6.45) is 1.34. The lowest BCUT2D eigenvalue weighted by Gasteiger charge is -2.24. The average molecular weight is 373 g/mol. The highest BCUT2D eigenvalue weighted by Gasteiger charge is 2.29. The van der Waals surface area contributed by atoms with Crippen LogP contribution in [0.1, 0.15) is 36.8 Å². The Balaban J connectivity index is 0.00000242. The van der Waals surface area contributed by atoms with Crippen LogP contribution in [0.25, 0.3) is 0 Å². The molecule has 134 valence electrons. The Bertz CT molecular complexity index is 430. The number of hydrogen-bond donors (Lipinski definition) is 1. The molecule has 0 spiro atoms. The second kappa shape index (κ2) is 10.4. The lowest BCUT2D eigenvalue weighted by atomic mass is 10.0. The number of nitrogens with zero attached hydrogens (tertiary/aromatic N) is 1. The third kappa shape index (κ3) is 7.75. The van der Waals surface area contributed by atoms with Gasteiger partial charge in [-0.15, -0.1) is 24.8 Å². The first kappa shape index (κ1) is 22.5. The molecule has 0 aliphatic carbocycles. The van der Waals surface area contributed by atoms with Gasteiger partial charge in [0, 0.05) is 12.6 Å². The molecule has 0 saturated carbocycles. The fourth-order valence-electron chi connectivity index (χ4n) is 2.85. The molecule has 1 aromatic carbocycles. The molecule has 1 aromatic rings. The van der Waals surface area contributed by atoms with E-state index >= 15 is 0 Å². The molecule has 1 unspecified atom stereocenters. The minimum absolute atomic E-state index is 0. The first-order valence-electron chi connectivity index (χ1n) is 7.59. The third-order valence-electron chi connectivity index (χ3n) is 3.97. The van der Waals surface area contributed by atoms with Crippen LogP contribution in [0.5, 0.6) is 0 Å². The van der Waals surface area contributed by atoms with Crippen LogP contribution in [0, 0.1) is 0 Å². The van der Waals surface area contributed by atoms with E-state index in [1.54, 1.807) is 0 Å². The Hall–Kier alpha value is -0.490. The van der Waals surface area contributed by atoms with Gasteiger partial charge in [-0.2, -0.15) is 13.2 Å². The molecule has 1 saturated heterocycles. The summed E-state index contributed by atoms with van der Waals surface area (Å²) in [6.45, 7) is 2.99. The van der Waals surface area contributed by atoms with Crippen LogP contribution >= 0.6 is 24.8 Å². The first-order chi connectivity index (χ1) is 9.95. The summed E-state index contributed by atoms with van der Waals surface area (Å²) < 4.78 is 37.5. The molecular formula is C16H25Cl2F3N2. The van der Waals surface area contributed by atoms with Crippen LogP contribution in [-0.2, 0) is 12.6 Å². The molecule has 0 aromatic heterocycles. The van der Waals surface area contributed by atoms with Gasteiger partial charge in [-0.3, -0.25) is 0 Å². The smallest absolute Gasteiger partial charge is 0.326 e. The zero-order valence-corrected chi connectivity index (χ0v) is 14.7. The van der Waals surface area contributed by atoms with Gasteiger partial charge < -0.3 is 10.6 Å². The van der Waals surface area contributed by atoms with E-state index in [-0.39, 0.29) is 30.9 Å². The van der Waals surface area contributed by atoms with Gasteiger partial charge in [0.25, 0.3) is 0 Å². The number of alkyl halides is 3. The summed E-state index contributed by atoms with van der Waals surface area (Å²) in [5, 5.41) is 0. The van der Waals surface area contributed by atoms with E-state index < -0.39 is 11.7 Å². The Morgan fingerprint density at radius 1 is 0.957 bits per heavy atom. The van der Waals surface area contributed by atoms with E-state index in [0.29, 0.717) is 6.42 Å². The van der Waals surface area contributed by atoms with Gasteiger partial charge >= 0.3 is 6.18 Å². The number of rotatable bonds is 4. The van der Waals surface area contributed by atoms with Crippen LogP contribution in [-0.4, -0.2) is 30.6 Å². The summed E-state index contributed by atoms with van der Waals surface area (Å²) in [6, 6.07) is 5.30. The largest absolute Gasteiger partial charge is 0.416 e. The van der Waals surface area contributed by atoms with E-state index in [1.807, 2.05) is 0 Å². The zero-order valence-electron chi connectivity index (χ0n) is 13.0. The standard InChI is InChI=1S/C16H23F3N2.2ClH/c17-16(18,19)14-7-5-13(6-8-14)11-15(20)12-21-9-3-1-2-4-10-21;;/h5-8,15H,1-4,9-12,20H2;2*1H. The molecule has 0 amide bonds. The highest BCUT2D eigenvalue weighted by atomic mass is 35.5. The van der Waals surface area contributed by atoms with Crippen LogP contribution < -0.4 is 5.73 Å². The average Bonchev–Trinajstić information content (AvgIpc) is 2.67. The minimum Gasteiger partial charge on any atom is -0.326 e. The maximum Gasteiger partial charge on any atom is 0.416 e. The highest BCUT2D eigenvalue weighted by Crippen LogP contribution is 2.29. The van der Waals surface area contributed by atoms with Crippen molar-refractivity contribution < 1.29 is 13.2 Å². The molecule has 1 aliphatic heterocycles. The molecule has 1 heterocycles. The second-order valence-corrected chi connectivity index (χ2v) is 5.87. The molecular weight excluding hydrogens is 348 g/mol. The van der Waals surface area contributed by atoms with Crippen molar-refractivity contribution in [2.24, 2.45) is 5.73 Å². The van der Waals surface area contributed by atoms with Crippen molar-refractivity contribution in [2.75, 3.05) is 19.6 Å². The monoisotopic (exact) mass is 372 g/mol. The van der Waals surface area contributed by atoms with Crippen LogP contribution in [0.4, 0.5) is 13.2 Å². The Morgan fingerprint density at radius 3 is 1.96 bits per heavy atom. The lowest BCUT2D eigenvalue weighted by molar-refractivity contribution is -0.137. The van der Waals surface area contributed by atoms with E-state index in [1.165, 1.54) is 37.8 Å². The molecule has 0 radical (unpaired) electrons. The SMILES string of the molecule is Cl.Cl.NC(Cc1ccc(C(F)(F)F)cc1)CN1CCCCCC1. The molecule has 1 atom stereocenters. The lowest BCUT2D eigenvalue weighted by Crippen LogP contribution is -2.39. The van der Waals surface area contributed by atoms with Gasteiger partial charge in [0.1, 0.15) is 0 Å².